The third kappa shape index (κ3) is 6.91. The number of thiazole rings is 1. The average Bonchev–Trinajstić information content (AvgIpc) is 3.83. The number of carbonyl (C=O) groups excluding carboxylic acids is 2. The lowest BCUT2D eigenvalue weighted by molar-refractivity contribution is 0.0733. The van der Waals surface area contributed by atoms with Crippen LogP contribution in [0.3, 0.4) is 0 Å². The van der Waals surface area contributed by atoms with Crippen molar-refractivity contribution >= 4 is 38.9 Å². The molecular weight excluding hydrogens is 618 g/mol. The number of carbonyl (C=O) groups is 2. The summed E-state index contributed by atoms with van der Waals surface area (Å²) in [5, 5.41) is 20.3. The van der Waals surface area contributed by atoms with Crippen molar-refractivity contribution in [2.24, 2.45) is 0 Å². The molecule has 6 rings (SSSR count). The predicted octanol–water partition coefficient (Wildman–Crippen LogP) is 3.56. The summed E-state index contributed by atoms with van der Waals surface area (Å²) >= 11 is 1.51. The molecule has 0 bridgehead atoms. The highest BCUT2D eigenvalue weighted by Crippen LogP contribution is 2.36. The zero-order chi connectivity index (χ0) is 31.7. The number of anilines is 1. The molecule has 2 aromatic carbocycles. The average molecular weight is 656 g/mol. The zero-order valence-corrected chi connectivity index (χ0v) is 26.7. The number of nitrogens with one attached hydrogen (secondary N) is 2. The van der Waals surface area contributed by atoms with Crippen LogP contribution in [0.25, 0.3) is 0 Å². The predicted molar refractivity (Wildman–Crippen MR) is 170 cm³/mol. The van der Waals surface area contributed by atoms with Gasteiger partial charge in [-0.3, -0.25) is 13.9 Å². The molecule has 0 aliphatic carbocycles. The Kier molecular flexibility index (Phi) is 9.23. The van der Waals surface area contributed by atoms with E-state index in [1.165, 1.54) is 39.9 Å². The number of aromatic nitrogens is 1. The second kappa shape index (κ2) is 13.1. The van der Waals surface area contributed by atoms with Crippen LogP contribution in [-0.4, -0.2) is 78.8 Å². The van der Waals surface area contributed by atoms with Gasteiger partial charge in [0.15, 0.2) is 0 Å². The van der Waals surface area contributed by atoms with E-state index in [0.29, 0.717) is 18.5 Å². The summed E-state index contributed by atoms with van der Waals surface area (Å²) in [5.74, 6) is -1.29. The Balaban J connectivity index is 1.33. The van der Waals surface area contributed by atoms with Gasteiger partial charge >= 0.3 is 0 Å². The van der Waals surface area contributed by atoms with Crippen LogP contribution in [0.15, 0.2) is 47.8 Å². The molecule has 4 heterocycles. The number of amides is 2. The zero-order valence-electron chi connectivity index (χ0n) is 25.1. The molecule has 10 nitrogen and oxygen atoms in total. The van der Waals surface area contributed by atoms with E-state index in [2.05, 4.69) is 15.6 Å². The van der Waals surface area contributed by atoms with Crippen molar-refractivity contribution in [3.63, 3.8) is 0 Å². The molecule has 240 valence electrons. The van der Waals surface area contributed by atoms with Crippen molar-refractivity contribution in [1.82, 2.24) is 20.5 Å². The Morgan fingerprint density at radius 2 is 1.96 bits per heavy atom. The Hall–Kier alpha value is -3.39. The second-order valence-electron chi connectivity index (χ2n) is 12.1. The smallest absolute Gasteiger partial charge is 0.254 e. The molecule has 0 radical (unpaired) electrons. The molecule has 0 spiro atoms. The number of halogens is 1. The van der Waals surface area contributed by atoms with E-state index in [0.717, 1.165) is 42.9 Å². The van der Waals surface area contributed by atoms with Crippen LogP contribution >= 0.6 is 11.3 Å². The molecule has 0 saturated carbocycles. The third-order valence-electron chi connectivity index (χ3n) is 8.83. The largest absolute Gasteiger partial charge is 0.389 e. The maximum Gasteiger partial charge on any atom is 0.254 e. The first-order chi connectivity index (χ1) is 21.6. The van der Waals surface area contributed by atoms with Gasteiger partial charge in [-0.2, -0.15) is 0 Å². The molecule has 1 aromatic heterocycles. The van der Waals surface area contributed by atoms with Gasteiger partial charge in [-0.25, -0.2) is 17.8 Å². The lowest BCUT2D eigenvalue weighted by Gasteiger charge is -2.29. The number of hydrogen-bond acceptors (Lipinski definition) is 8. The van der Waals surface area contributed by atoms with Crippen molar-refractivity contribution in [3.05, 3.63) is 81.1 Å². The summed E-state index contributed by atoms with van der Waals surface area (Å²) in [6.45, 7) is 3.43. The molecule has 3 aliphatic heterocycles. The van der Waals surface area contributed by atoms with E-state index in [1.54, 1.807) is 23.1 Å². The highest BCUT2D eigenvalue weighted by Gasteiger charge is 2.36. The molecule has 3 fully saturated rings. The van der Waals surface area contributed by atoms with E-state index >= 15 is 0 Å². The van der Waals surface area contributed by atoms with Gasteiger partial charge in [0.05, 0.1) is 29.6 Å². The van der Waals surface area contributed by atoms with E-state index in [9.17, 15) is 27.5 Å². The minimum Gasteiger partial charge on any atom is -0.389 e. The molecule has 3 aromatic rings. The Labute approximate surface area is 266 Å². The number of aliphatic hydroxyl groups is 1. The van der Waals surface area contributed by atoms with Crippen molar-refractivity contribution in [3.8, 4) is 0 Å². The number of aryl methyl sites for hydroxylation is 1. The molecule has 13 heteroatoms. The van der Waals surface area contributed by atoms with Crippen molar-refractivity contribution in [2.45, 2.75) is 69.7 Å². The van der Waals surface area contributed by atoms with Gasteiger partial charge in [0.1, 0.15) is 10.8 Å². The van der Waals surface area contributed by atoms with Crippen molar-refractivity contribution in [2.75, 3.05) is 29.7 Å². The van der Waals surface area contributed by atoms with E-state index < -0.39 is 33.9 Å². The first-order valence-corrected chi connectivity index (χ1v) is 17.9. The summed E-state index contributed by atoms with van der Waals surface area (Å²) in [4.78, 5) is 34.3. The number of benzene rings is 2. The maximum absolute atomic E-state index is 14.0. The Morgan fingerprint density at radius 3 is 2.64 bits per heavy atom. The molecule has 45 heavy (non-hydrogen) atoms. The minimum absolute atomic E-state index is 0.0133. The number of rotatable bonds is 9. The molecule has 4 atom stereocenters. The first-order valence-electron chi connectivity index (χ1n) is 15.4. The lowest BCUT2D eigenvalue weighted by Crippen LogP contribution is -2.52. The monoisotopic (exact) mass is 655 g/mol. The van der Waals surface area contributed by atoms with Gasteiger partial charge < -0.3 is 20.6 Å². The molecule has 0 unspecified atom stereocenters. The normalized spacial score (nSPS) is 22.5. The van der Waals surface area contributed by atoms with Gasteiger partial charge in [0.2, 0.25) is 10.0 Å². The van der Waals surface area contributed by atoms with Gasteiger partial charge in [0.25, 0.3) is 11.8 Å². The Bertz CT molecular complexity index is 1680. The van der Waals surface area contributed by atoms with E-state index in [-0.39, 0.29) is 53.5 Å². The minimum atomic E-state index is -3.60. The van der Waals surface area contributed by atoms with E-state index in [1.807, 2.05) is 12.3 Å². The van der Waals surface area contributed by atoms with Crippen molar-refractivity contribution in [1.29, 1.82) is 0 Å². The summed E-state index contributed by atoms with van der Waals surface area (Å²) in [6, 6.07) is 9.34. The van der Waals surface area contributed by atoms with Gasteiger partial charge in [0, 0.05) is 41.3 Å². The fraction of sp³-hybridized carbons (Fsp3) is 0.469. The summed E-state index contributed by atoms with van der Waals surface area (Å²) in [5.41, 5.74) is 2.07. The third-order valence-corrected chi connectivity index (χ3v) is 11.8. The van der Waals surface area contributed by atoms with Crippen LogP contribution in [0.4, 0.5) is 10.1 Å². The lowest BCUT2D eigenvalue weighted by atomic mass is 9.95. The highest BCUT2D eigenvalue weighted by molar-refractivity contribution is 7.93. The van der Waals surface area contributed by atoms with Gasteiger partial charge in [-0.15, -0.1) is 11.3 Å². The molecule has 2 amide bonds. The van der Waals surface area contributed by atoms with Crippen LogP contribution in [0.1, 0.15) is 75.1 Å². The number of aliphatic hydroxyl groups excluding tert-OH is 1. The van der Waals surface area contributed by atoms with Crippen LogP contribution in [0.2, 0.25) is 0 Å². The van der Waals surface area contributed by atoms with Crippen LogP contribution in [-0.2, 0) is 16.4 Å². The number of nitrogens with zero attached hydrogens (tertiary/aromatic N) is 3. The maximum atomic E-state index is 14.0. The fourth-order valence-electron chi connectivity index (χ4n) is 6.61. The summed E-state index contributed by atoms with van der Waals surface area (Å²) in [6.07, 6.45) is 2.84. The fourth-order valence-corrected chi connectivity index (χ4v) is 9.10. The Morgan fingerprint density at radius 1 is 1.13 bits per heavy atom. The molecule has 3 aliphatic rings. The van der Waals surface area contributed by atoms with Crippen LogP contribution in [0, 0.1) is 12.7 Å². The molecule has 3 saturated heterocycles. The van der Waals surface area contributed by atoms with Crippen LogP contribution in [0.5, 0.6) is 0 Å². The van der Waals surface area contributed by atoms with Gasteiger partial charge in [-0.05, 0) is 87.9 Å². The second-order valence-corrected chi connectivity index (χ2v) is 15.0. The van der Waals surface area contributed by atoms with Crippen LogP contribution < -0.4 is 14.9 Å². The standard InChI is InChI=1S/C32H38FN5O5S2/c1-20-19-44-31(35-20)28-9-4-11-37(28)32(41)23-16-22(17-25(18-23)38-12-5-13-45(38,42)43)30(40)36-27(29(39)26-8-3-10-34-26)15-21-6-2-7-24(33)14-21/h2,6-7,14,16-19,26-29,34,39H,3-5,8-13,15H2,1H3,(H,36,40)/t26-,27+,28-,29+/m1/s1. The first kappa shape index (κ1) is 31.6. The quantitative estimate of drug-likeness (QED) is 0.321. The number of sulfonamides is 1. The topological polar surface area (TPSA) is 132 Å². The summed E-state index contributed by atoms with van der Waals surface area (Å²) < 4.78 is 41.1. The number of hydrogen-bond donors (Lipinski definition) is 3. The molecule has 3 N–H and O–H groups in total. The molecular formula is C32H38FN5O5S2. The van der Waals surface area contributed by atoms with E-state index in [4.69, 9.17) is 0 Å². The SMILES string of the molecule is Cc1csc([C@H]2CCCN2C(=O)c2cc(C(=O)N[C@@H](Cc3cccc(F)c3)[C@@H](O)[C@H]3CCCN3)cc(N3CCCS3(=O)=O)c2)n1. The number of likely N-dealkylation sites (tertiary alicyclic amines) is 1. The van der Waals surface area contributed by atoms with Gasteiger partial charge in [-0.1, -0.05) is 12.1 Å². The van der Waals surface area contributed by atoms with Crippen molar-refractivity contribution < 1.29 is 27.5 Å². The highest BCUT2D eigenvalue weighted by atomic mass is 32.2. The summed E-state index contributed by atoms with van der Waals surface area (Å²) in [7, 11) is -3.60.